The molecule has 2 heterocycles. The standard InChI is InChI=1S/C21H21N3O4/c1-11-4-5-12(2)16(8-11)22-18(25)10-27-21(26)15-9-17(14-6-7-14)23-20-19(15)13(3)24-28-20/h4-5,8-9,14H,6-7,10H2,1-3H3,(H,22,25). The van der Waals surface area contributed by atoms with Gasteiger partial charge in [-0.15, -0.1) is 0 Å². The molecule has 4 rings (SSSR count). The zero-order valence-electron chi connectivity index (χ0n) is 16.0. The fourth-order valence-electron chi connectivity index (χ4n) is 3.13. The van der Waals surface area contributed by atoms with Gasteiger partial charge in [-0.3, -0.25) is 4.79 Å². The van der Waals surface area contributed by atoms with Gasteiger partial charge < -0.3 is 14.6 Å². The molecule has 1 aliphatic rings. The van der Waals surface area contributed by atoms with E-state index >= 15 is 0 Å². The number of esters is 1. The molecule has 7 nitrogen and oxygen atoms in total. The Hall–Kier alpha value is -3.22. The molecule has 1 aromatic carbocycles. The largest absolute Gasteiger partial charge is 0.452 e. The van der Waals surface area contributed by atoms with Crippen molar-refractivity contribution in [2.75, 3.05) is 11.9 Å². The van der Waals surface area contributed by atoms with Crippen molar-refractivity contribution in [3.05, 3.63) is 52.3 Å². The number of nitrogens with one attached hydrogen (secondary N) is 1. The highest BCUT2D eigenvalue weighted by Gasteiger charge is 2.29. The van der Waals surface area contributed by atoms with Crippen LogP contribution in [-0.4, -0.2) is 28.6 Å². The van der Waals surface area contributed by atoms with Crippen molar-refractivity contribution in [2.24, 2.45) is 0 Å². The first-order valence-electron chi connectivity index (χ1n) is 9.23. The summed E-state index contributed by atoms with van der Waals surface area (Å²) in [6.45, 7) is 5.22. The first-order valence-corrected chi connectivity index (χ1v) is 9.23. The average molecular weight is 379 g/mol. The maximum atomic E-state index is 12.7. The Morgan fingerprint density at radius 3 is 2.75 bits per heavy atom. The van der Waals surface area contributed by atoms with E-state index in [1.54, 1.807) is 13.0 Å². The number of rotatable bonds is 5. The van der Waals surface area contributed by atoms with E-state index in [-0.39, 0.29) is 6.61 Å². The fourth-order valence-corrected chi connectivity index (χ4v) is 3.13. The molecule has 144 valence electrons. The van der Waals surface area contributed by atoms with Gasteiger partial charge in [-0.1, -0.05) is 17.3 Å². The Bertz CT molecular complexity index is 1080. The van der Waals surface area contributed by atoms with Gasteiger partial charge in [-0.25, -0.2) is 9.78 Å². The molecule has 0 saturated heterocycles. The summed E-state index contributed by atoms with van der Waals surface area (Å²) >= 11 is 0. The minimum atomic E-state index is -0.586. The third kappa shape index (κ3) is 3.60. The minimum Gasteiger partial charge on any atom is -0.452 e. The highest BCUT2D eigenvalue weighted by atomic mass is 16.5. The maximum Gasteiger partial charge on any atom is 0.339 e. The Balaban J connectivity index is 1.50. The van der Waals surface area contributed by atoms with Crippen LogP contribution in [0.4, 0.5) is 5.69 Å². The lowest BCUT2D eigenvalue weighted by Gasteiger charge is -2.10. The van der Waals surface area contributed by atoms with Crippen LogP contribution in [0.25, 0.3) is 11.1 Å². The summed E-state index contributed by atoms with van der Waals surface area (Å²) in [6, 6.07) is 7.51. The highest BCUT2D eigenvalue weighted by molar-refractivity contribution is 6.04. The quantitative estimate of drug-likeness (QED) is 0.677. The number of carbonyl (C=O) groups is 2. The van der Waals surface area contributed by atoms with Crippen LogP contribution in [0.15, 0.2) is 28.8 Å². The SMILES string of the molecule is Cc1ccc(C)c(NC(=O)COC(=O)c2cc(C3CC3)nc3onc(C)c23)c1. The van der Waals surface area contributed by atoms with E-state index < -0.39 is 11.9 Å². The number of hydrogen-bond acceptors (Lipinski definition) is 6. The molecule has 28 heavy (non-hydrogen) atoms. The molecule has 1 saturated carbocycles. The number of aromatic nitrogens is 2. The lowest BCUT2D eigenvalue weighted by molar-refractivity contribution is -0.119. The second-order valence-corrected chi connectivity index (χ2v) is 7.26. The predicted molar refractivity (Wildman–Crippen MR) is 103 cm³/mol. The number of ether oxygens (including phenoxy) is 1. The molecular formula is C21H21N3O4. The van der Waals surface area contributed by atoms with E-state index in [1.165, 1.54) is 0 Å². The van der Waals surface area contributed by atoms with Crippen molar-refractivity contribution in [1.82, 2.24) is 10.1 Å². The van der Waals surface area contributed by atoms with Crippen LogP contribution < -0.4 is 5.32 Å². The first kappa shape index (κ1) is 18.2. The molecule has 0 radical (unpaired) electrons. The summed E-state index contributed by atoms with van der Waals surface area (Å²) < 4.78 is 10.5. The maximum absolute atomic E-state index is 12.7. The summed E-state index contributed by atoms with van der Waals surface area (Å²) in [5, 5.41) is 7.22. The van der Waals surface area contributed by atoms with Gasteiger partial charge >= 0.3 is 5.97 Å². The number of benzene rings is 1. The van der Waals surface area contributed by atoms with E-state index in [4.69, 9.17) is 9.26 Å². The topological polar surface area (TPSA) is 94.3 Å². The number of fused-ring (bicyclic) bond motifs is 1. The van der Waals surface area contributed by atoms with Crippen LogP contribution in [-0.2, 0) is 9.53 Å². The van der Waals surface area contributed by atoms with Gasteiger partial charge in [0.05, 0.1) is 16.6 Å². The molecule has 7 heteroatoms. The van der Waals surface area contributed by atoms with Gasteiger partial charge in [0.2, 0.25) is 0 Å². The number of carbonyl (C=O) groups excluding carboxylic acids is 2. The Morgan fingerprint density at radius 2 is 2.00 bits per heavy atom. The predicted octanol–water partition coefficient (Wildman–Crippen LogP) is 3.82. The van der Waals surface area contributed by atoms with Gasteiger partial charge in [-0.2, -0.15) is 0 Å². The van der Waals surface area contributed by atoms with Crippen molar-refractivity contribution in [2.45, 2.75) is 39.5 Å². The average Bonchev–Trinajstić information content (AvgIpc) is 3.46. The second kappa shape index (κ2) is 7.07. The molecule has 0 atom stereocenters. The smallest absolute Gasteiger partial charge is 0.339 e. The molecule has 1 amide bonds. The van der Waals surface area contributed by atoms with E-state index in [2.05, 4.69) is 15.5 Å². The third-order valence-corrected chi connectivity index (χ3v) is 4.85. The van der Waals surface area contributed by atoms with E-state index in [1.807, 2.05) is 32.0 Å². The van der Waals surface area contributed by atoms with E-state index in [9.17, 15) is 9.59 Å². The van der Waals surface area contributed by atoms with Crippen LogP contribution in [0.5, 0.6) is 0 Å². The van der Waals surface area contributed by atoms with Gasteiger partial charge in [-0.05, 0) is 56.9 Å². The van der Waals surface area contributed by atoms with Crippen LogP contribution >= 0.6 is 0 Å². The molecule has 0 aliphatic heterocycles. The van der Waals surface area contributed by atoms with Crippen molar-refractivity contribution < 1.29 is 18.8 Å². The zero-order valence-corrected chi connectivity index (χ0v) is 16.0. The van der Waals surface area contributed by atoms with E-state index in [0.717, 1.165) is 29.7 Å². The first-order chi connectivity index (χ1) is 13.4. The fraction of sp³-hybridized carbons (Fsp3) is 0.333. The van der Waals surface area contributed by atoms with Gasteiger partial charge in [0.15, 0.2) is 6.61 Å². The number of aryl methyl sites for hydroxylation is 3. The normalized spacial score (nSPS) is 13.5. The molecule has 0 unspecified atom stereocenters. The summed E-state index contributed by atoms with van der Waals surface area (Å²) in [5.41, 5.74) is 4.71. The van der Waals surface area contributed by atoms with Crippen LogP contribution in [0, 0.1) is 20.8 Å². The van der Waals surface area contributed by atoms with Gasteiger partial charge in [0, 0.05) is 17.3 Å². The summed E-state index contributed by atoms with van der Waals surface area (Å²) in [4.78, 5) is 29.4. The molecule has 0 bridgehead atoms. The van der Waals surface area contributed by atoms with Gasteiger partial charge in [0.25, 0.3) is 11.6 Å². The van der Waals surface area contributed by atoms with Crippen molar-refractivity contribution in [3.8, 4) is 0 Å². The van der Waals surface area contributed by atoms with Crippen molar-refractivity contribution >= 4 is 28.7 Å². The summed E-state index contributed by atoms with van der Waals surface area (Å²) in [7, 11) is 0. The lowest BCUT2D eigenvalue weighted by atomic mass is 10.1. The Morgan fingerprint density at radius 1 is 1.21 bits per heavy atom. The summed E-state index contributed by atoms with van der Waals surface area (Å²) in [5.74, 6) is -0.637. The highest BCUT2D eigenvalue weighted by Crippen LogP contribution is 2.40. The number of hydrogen-bond donors (Lipinski definition) is 1. The zero-order chi connectivity index (χ0) is 19.8. The number of anilines is 1. The van der Waals surface area contributed by atoms with Crippen LogP contribution in [0.3, 0.4) is 0 Å². The van der Waals surface area contributed by atoms with Gasteiger partial charge in [0.1, 0.15) is 0 Å². The molecule has 2 aromatic heterocycles. The third-order valence-electron chi connectivity index (χ3n) is 4.85. The second-order valence-electron chi connectivity index (χ2n) is 7.26. The number of pyridine rings is 1. The monoisotopic (exact) mass is 379 g/mol. The molecule has 1 fully saturated rings. The molecule has 3 aromatic rings. The number of nitrogens with zero attached hydrogens (tertiary/aromatic N) is 2. The van der Waals surface area contributed by atoms with Crippen LogP contribution in [0.1, 0.15) is 51.6 Å². The molecule has 1 aliphatic carbocycles. The molecule has 0 spiro atoms. The minimum absolute atomic E-state index is 0.327. The van der Waals surface area contributed by atoms with Crippen molar-refractivity contribution in [1.29, 1.82) is 0 Å². The molecule has 1 N–H and O–H groups in total. The lowest BCUT2D eigenvalue weighted by Crippen LogP contribution is -2.21. The van der Waals surface area contributed by atoms with Crippen molar-refractivity contribution in [3.63, 3.8) is 0 Å². The number of amides is 1. The molecular weight excluding hydrogens is 358 g/mol. The van der Waals surface area contributed by atoms with E-state index in [0.29, 0.717) is 34.0 Å². The summed E-state index contributed by atoms with van der Waals surface area (Å²) in [6.07, 6.45) is 2.08. The Kier molecular flexibility index (Phi) is 4.58. The Labute approximate surface area is 162 Å². The van der Waals surface area contributed by atoms with Crippen LogP contribution in [0.2, 0.25) is 0 Å².